The van der Waals surface area contributed by atoms with Crippen LogP contribution in [0, 0.1) is 0 Å². The van der Waals surface area contributed by atoms with E-state index < -0.39 is 0 Å². The average Bonchev–Trinajstić information content (AvgIpc) is 2.79. The van der Waals surface area contributed by atoms with Crippen molar-refractivity contribution >= 4 is 5.96 Å². The molecule has 1 aliphatic rings. The predicted octanol–water partition coefficient (Wildman–Crippen LogP) is 2.66. The first kappa shape index (κ1) is 24.4. The lowest BCUT2D eigenvalue weighted by molar-refractivity contribution is 0.0392. The Morgan fingerprint density at radius 3 is 2.80 bits per heavy atom. The monoisotopic (exact) mass is 420 g/mol. The second-order valence-electron chi connectivity index (χ2n) is 7.58. The van der Waals surface area contributed by atoms with Crippen molar-refractivity contribution in [2.24, 2.45) is 4.99 Å². The SMILES string of the molecule is CCOCCCCNC(=NC)NCc1cccc(OCCN(C)C2CCOCC2)c1. The summed E-state index contributed by atoms with van der Waals surface area (Å²) in [4.78, 5) is 6.68. The minimum absolute atomic E-state index is 0.608. The minimum atomic E-state index is 0.608. The van der Waals surface area contributed by atoms with Crippen molar-refractivity contribution in [2.75, 3.05) is 60.2 Å². The maximum Gasteiger partial charge on any atom is 0.191 e. The van der Waals surface area contributed by atoms with Crippen molar-refractivity contribution in [3.63, 3.8) is 0 Å². The number of benzene rings is 1. The van der Waals surface area contributed by atoms with E-state index >= 15 is 0 Å². The van der Waals surface area contributed by atoms with Gasteiger partial charge in [-0.1, -0.05) is 12.1 Å². The molecule has 1 aliphatic heterocycles. The Morgan fingerprint density at radius 1 is 1.20 bits per heavy atom. The Hall–Kier alpha value is -1.83. The van der Waals surface area contributed by atoms with Crippen molar-refractivity contribution in [1.82, 2.24) is 15.5 Å². The summed E-state index contributed by atoms with van der Waals surface area (Å²) in [7, 11) is 3.97. The van der Waals surface area contributed by atoms with E-state index in [1.54, 1.807) is 7.05 Å². The molecule has 170 valence electrons. The number of hydrogen-bond acceptors (Lipinski definition) is 5. The molecule has 0 aromatic heterocycles. The second-order valence-corrected chi connectivity index (χ2v) is 7.58. The summed E-state index contributed by atoms with van der Waals surface area (Å²) >= 11 is 0. The number of nitrogens with one attached hydrogen (secondary N) is 2. The Labute approximate surface area is 182 Å². The van der Waals surface area contributed by atoms with E-state index in [2.05, 4.69) is 39.7 Å². The predicted molar refractivity (Wildman–Crippen MR) is 122 cm³/mol. The molecule has 0 amide bonds. The van der Waals surface area contributed by atoms with Gasteiger partial charge in [0.25, 0.3) is 0 Å². The maximum absolute atomic E-state index is 5.99. The van der Waals surface area contributed by atoms with Gasteiger partial charge in [-0.2, -0.15) is 0 Å². The van der Waals surface area contributed by atoms with E-state index in [9.17, 15) is 0 Å². The van der Waals surface area contributed by atoms with Gasteiger partial charge in [0, 0.05) is 59.2 Å². The molecular weight excluding hydrogens is 380 g/mol. The number of nitrogens with zero attached hydrogens (tertiary/aromatic N) is 2. The van der Waals surface area contributed by atoms with E-state index in [-0.39, 0.29) is 0 Å². The second kappa shape index (κ2) is 15.0. The standard InChI is InChI=1S/C23H40N4O3/c1-4-28-14-6-5-12-25-23(24-2)26-19-20-8-7-9-22(18-20)30-17-13-27(3)21-10-15-29-16-11-21/h7-9,18,21H,4-6,10-17,19H2,1-3H3,(H2,24,25,26). The van der Waals surface area contributed by atoms with Gasteiger partial charge >= 0.3 is 0 Å². The highest BCUT2D eigenvalue weighted by Gasteiger charge is 2.17. The number of aliphatic imine (C=N–C) groups is 1. The van der Waals surface area contributed by atoms with Crippen LogP contribution in [-0.2, 0) is 16.0 Å². The molecule has 1 aromatic carbocycles. The Kier molecular flexibility index (Phi) is 12.3. The first-order valence-electron chi connectivity index (χ1n) is 11.2. The van der Waals surface area contributed by atoms with Crippen molar-refractivity contribution in [2.45, 2.75) is 45.2 Å². The molecule has 1 saturated heterocycles. The number of ether oxygens (including phenoxy) is 3. The Morgan fingerprint density at radius 2 is 2.03 bits per heavy atom. The molecule has 0 saturated carbocycles. The zero-order chi connectivity index (χ0) is 21.4. The van der Waals surface area contributed by atoms with Gasteiger partial charge in [0.1, 0.15) is 12.4 Å². The molecule has 7 heteroatoms. The topological polar surface area (TPSA) is 67.3 Å². The highest BCUT2D eigenvalue weighted by molar-refractivity contribution is 5.79. The summed E-state index contributed by atoms with van der Waals surface area (Å²) in [5, 5.41) is 6.71. The third kappa shape index (κ3) is 9.78. The van der Waals surface area contributed by atoms with Gasteiger partial charge in [-0.25, -0.2) is 0 Å². The van der Waals surface area contributed by atoms with Crippen LogP contribution >= 0.6 is 0 Å². The molecule has 0 bridgehead atoms. The molecule has 7 nitrogen and oxygen atoms in total. The van der Waals surface area contributed by atoms with Crippen LogP contribution in [0.3, 0.4) is 0 Å². The van der Waals surface area contributed by atoms with Gasteiger partial charge in [-0.15, -0.1) is 0 Å². The summed E-state index contributed by atoms with van der Waals surface area (Å²) in [6.07, 6.45) is 4.34. The van der Waals surface area contributed by atoms with Crippen LogP contribution in [0.25, 0.3) is 0 Å². The maximum atomic E-state index is 5.99. The Balaban J connectivity index is 1.66. The molecule has 1 heterocycles. The quantitative estimate of drug-likeness (QED) is 0.291. The minimum Gasteiger partial charge on any atom is -0.492 e. The van der Waals surface area contributed by atoms with Crippen molar-refractivity contribution < 1.29 is 14.2 Å². The van der Waals surface area contributed by atoms with Gasteiger partial charge in [-0.05, 0) is 57.4 Å². The van der Waals surface area contributed by atoms with Crippen LogP contribution in [-0.4, -0.2) is 77.1 Å². The molecule has 0 unspecified atom stereocenters. The number of rotatable bonds is 13. The number of unbranched alkanes of at least 4 members (excludes halogenated alkanes) is 1. The third-order valence-electron chi connectivity index (χ3n) is 5.32. The Bertz CT molecular complexity index is 606. The fourth-order valence-electron chi connectivity index (χ4n) is 3.45. The van der Waals surface area contributed by atoms with Gasteiger partial charge < -0.3 is 24.8 Å². The lowest BCUT2D eigenvalue weighted by atomic mass is 10.1. The number of likely N-dealkylation sites (N-methyl/N-ethyl adjacent to an activating group) is 1. The normalized spacial score (nSPS) is 15.4. The van der Waals surface area contributed by atoms with Crippen LogP contribution in [0.2, 0.25) is 0 Å². The number of guanidine groups is 1. The fraction of sp³-hybridized carbons (Fsp3) is 0.696. The highest BCUT2D eigenvalue weighted by Crippen LogP contribution is 2.15. The molecule has 0 aliphatic carbocycles. The molecule has 30 heavy (non-hydrogen) atoms. The first-order valence-corrected chi connectivity index (χ1v) is 11.2. The molecule has 0 atom stereocenters. The third-order valence-corrected chi connectivity index (χ3v) is 5.32. The van der Waals surface area contributed by atoms with Crippen LogP contribution in [0.5, 0.6) is 5.75 Å². The van der Waals surface area contributed by atoms with E-state index in [4.69, 9.17) is 14.2 Å². The van der Waals surface area contributed by atoms with Crippen LogP contribution in [0.15, 0.2) is 29.3 Å². The molecule has 0 radical (unpaired) electrons. The zero-order valence-corrected chi connectivity index (χ0v) is 19.0. The zero-order valence-electron chi connectivity index (χ0n) is 19.0. The van der Waals surface area contributed by atoms with E-state index in [0.717, 1.165) is 76.9 Å². The summed E-state index contributed by atoms with van der Waals surface area (Å²) in [6.45, 7) is 8.58. The summed E-state index contributed by atoms with van der Waals surface area (Å²) < 4.78 is 16.8. The first-order chi connectivity index (χ1) is 14.7. The van der Waals surface area contributed by atoms with Crippen LogP contribution in [0.4, 0.5) is 0 Å². The molecule has 2 rings (SSSR count). The van der Waals surface area contributed by atoms with Crippen LogP contribution in [0.1, 0.15) is 38.2 Å². The lowest BCUT2D eigenvalue weighted by Crippen LogP contribution is -2.38. The largest absolute Gasteiger partial charge is 0.492 e. The smallest absolute Gasteiger partial charge is 0.191 e. The average molecular weight is 421 g/mol. The molecule has 1 aromatic rings. The van der Waals surface area contributed by atoms with Crippen molar-refractivity contribution in [1.29, 1.82) is 0 Å². The summed E-state index contributed by atoms with van der Waals surface area (Å²) in [5.41, 5.74) is 1.17. The fourth-order valence-corrected chi connectivity index (χ4v) is 3.45. The van der Waals surface area contributed by atoms with Gasteiger partial charge in [0.05, 0.1) is 0 Å². The van der Waals surface area contributed by atoms with E-state index in [1.807, 2.05) is 19.1 Å². The van der Waals surface area contributed by atoms with E-state index in [1.165, 1.54) is 5.56 Å². The molecule has 2 N–H and O–H groups in total. The summed E-state index contributed by atoms with van der Waals surface area (Å²) in [5.74, 6) is 1.73. The van der Waals surface area contributed by atoms with Crippen molar-refractivity contribution in [3.8, 4) is 5.75 Å². The summed E-state index contributed by atoms with van der Waals surface area (Å²) in [6, 6.07) is 8.86. The lowest BCUT2D eigenvalue weighted by Gasteiger charge is -2.31. The number of hydrogen-bond donors (Lipinski definition) is 2. The van der Waals surface area contributed by atoms with Gasteiger partial charge in [0.2, 0.25) is 0 Å². The van der Waals surface area contributed by atoms with Gasteiger partial charge in [0.15, 0.2) is 5.96 Å². The van der Waals surface area contributed by atoms with Crippen LogP contribution < -0.4 is 15.4 Å². The van der Waals surface area contributed by atoms with Gasteiger partial charge in [-0.3, -0.25) is 9.89 Å². The molecule has 0 spiro atoms. The highest BCUT2D eigenvalue weighted by atomic mass is 16.5. The van der Waals surface area contributed by atoms with Crippen molar-refractivity contribution in [3.05, 3.63) is 29.8 Å². The van der Waals surface area contributed by atoms with E-state index in [0.29, 0.717) is 19.2 Å². The molecular formula is C23H40N4O3. The molecule has 1 fully saturated rings.